The molecule has 0 saturated carbocycles. The van der Waals surface area contributed by atoms with Crippen molar-refractivity contribution < 1.29 is 0 Å². The Morgan fingerprint density at radius 2 is 1.93 bits per heavy atom. The molecule has 0 aliphatic carbocycles. The van der Waals surface area contributed by atoms with Gasteiger partial charge < -0.3 is 10.6 Å². The summed E-state index contributed by atoms with van der Waals surface area (Å²) < 4.78 is 0. The van der Waals surface area contributed by atoms with Crippen molar-refractivity contribution >= 4 is 28.7 Å². The summed E-state index contributed by atoms with van der Waals surface area (Å²) in [7, 11) is 0. The van der Waals surface area contributed by atoms with Gasteiger partial charge in [0.1, 0.15) is 11.5 Å². The maximum atomic E-state index is 4.02. The van der Waals surface area contributed by atoms with Crippen molar-refractivity contribution in [3.8, 4) is 0 Å². The van der Waals surface area contributed by atoms with Crippen LogP contribution < -0.4 is 16.1 Å². The van der Waals surface area contributed by atoms with Gasteiger partial charge >= 0.3 is 0 Å². The van der Waals surface area contributed by atoms with Gasteiger partial charge in [0.05, 0.1) is 16.9 Å². The molecule has 0 aromatic heterocycles. The molecule has 0 bridgehead atoms. The van der Waals surface area contributed by atoms with Crippen molar-refractivity contribution in [1.29, 1.82) is 0 Å². The zero-order valence-corrected chi connectivity index (χ0v) is 8.21. The van der Waals surface area contributed by atoms with Crippen LogP contribution in [0.2, 0.25) is 0 Å². The summed E-state index contributed by atoms with van der Waals surface area (Å²) >= 11 is 1.68. The van der Waals surface area contributed by atoms with Crippen LogP contribution in [0.25, 0.3) is 0 Å². The molecule has 3 N–H and O–H groups in total. The summed E-state index contributed by atoms with van der Waals surface area (Å²) in [5, 5.41) is 11.2. The molecular formula is C9H10N4S. The minimum Gasteiger partial charge on any atom is -0.368 e. The highest BCUT2D eigenvalue weighted by atomic mass is 32.2. The van der Waals surface area contributed by atoms with Crippen LogP contribution in [0.1, 0.15) is 0 Å². The molecule has 72 valence electrons. The Kier molecular flexibility index (Phi) is 1.77. The van der Waals surface area contributed by atoms with E-state index in [1.165, 1.54) is 0 Å². The lowest BCUT2D eigenvalue weighted by molar-refractivity contribution is 0.577. The number of hydrogen-bond acceptors (Lipinski definition) is 5. The highest BCUT2D eigenvalue weighted by Gasteiger charge is 2.28. The quantitative estimate of drug-likeness (QED) is 0.601. The second-order valence-corrected chi connectivity index (χ2v) is 4.22. The van der Waals surface area contributed by atoms with Gasteiger partial charge in [0, 0.05) is 0 Å². The Balaban J connectivity index is 1.94. The molecule has 1 aromatic rings. The molecule has 1 aromatic carbocycles. The van der Waals surface area contributed by atoms with Crippen molar-refractivity contribution in [3.05, 3.63) is 24.3 Å². The van der Waals surface area contributed by atoms with Crippen molar-refractivity contribution in [1.82, 2.24) is 5.43 Å². The Morgan fingerprint density at radius 1 is 1.14 bits per heavy atom. The molecule has 2 heterocycles. The van der Waals surface area contributed by atoms with Gasteiger partial charge in [-0.05, 0) is 12.1 Å². The number of nitrogens with one attached hydrogen (secondary N) is 3. The minimum atomic E-state index is 0.167. The second-order valence-electron chi connectivity index (χ2n) is 3.23. The summed E-state index contributed by atoms with van der Waals surface area (Å²) in [6, 6.07) is 8.18. The van der Waals surface area contributed by atoms with E-state index < -0.39 is 0 Å². The second kappa shape index (κ2) is 3.09. The first-order valence-corrected chi connectivity index (χ1v) is 5.42. The standard InChI is InChI=1S/C9H10N4S/c1-2-4-7-6(3-1)11-8-9(12-7)14-5-10-13-8/h1-5,8-9,11-13H. The zero-order valence-electron chi connectivity index (χ0n) is 7.40. The first-order chi connectivity index (χ1) is 6.93. The molecule has 14 heavy (non-hydrogen) atoms. The molecule has 0 saturated heterocycles. The van der Waals surface area contributed by atoms with E-state index in [0.29, 0.717) is 5.37 Å². The van der Waals surface area contributed by atoms with Crippen molar-refractivity contribution in [2.75, 3.05) is 10.6 Å². The smallest absolute Gasteiger partial charge is 0.143 e. The number of hydrogen-bond donors (Lipinski definition) is 3. The summed E-state index contributed by atoms with van der Waals surface area (Å²) in [6.45, 7) is 0. The number of nitrogens with zero attached hydrogens (tertiary/aromatic N) is 1. The molecule has 2 aliphatic rings. The van der Waals surface area contributed by atoms with E-state index in [1.54, 1.807) is 11.8 Å². The van der Waals surface area contributed by atoms with Gasteiger partial charge in [0.15, 0.2) is 0 Å². The molecule has 4 nitrogen and oxygen atoms in total. The van der Waals surface area contributed by atoms with Crippen LogP contribution in [0, 0.1) is 0 Å². The van der Waals surface area contributed by atoms with Crippen LogP contribution in [0.15, 0.2) is 29.4 Å². The highest BCUT2D eigenvalue weighted by molar-refractivity contribution is 8.12. The average molecular weight is 206 g/mol. The number of para-hydroxylation sites is 2. The molecule has 0 spiro atoms. The van der Waals surface area contributed by atoms with Crippen LogP contribution in [0.5, 0.6) is 0 Å². The fraction of sp³-hybridized carbons (Fsp3) is 0.222. The number of fused-ring (bicyclic) bond motifs is 2. The number of hydrazone groups is 1. The topological polar surface area (TPSA) is 48.5 Å². The lowest BCUT2D eigenvalue weighted by Crippen LogP contribution is -2.50. The number of anilines is 2. The minimum absolute atomic E-state index is 0.167. The normalized spacial score (nSPS) is 27.7. The van der Waals surface area contributed by atoms with Gasteiger partial charge in [0.2, 0.25) is 0 Å². The van der Waals surface area contributed by atoms with Crippen molar-refractivity contribution in [2.24, 2.45) is 5.10 Å². The summed E-state index contributed by atoms with van der Waals surface area (Å²) in [4.78, 5) is 0. The van der Waals surface area contributed by atoms with E-state index in [2.05, 4.69) is 33.3 Å². The Bertz CT molecular complexity index is 344. The Morgan fingerprint density at radius 3 is 2.79 bits per heavy atom. The van der Waals surface area contributed by atoms with E-state index >= 15 is 0 Å². The van der Waals surface area contributed by atoms with Gasteiger partial charge in [-0.1, -0.05) is 23.9 Å². The van der Waals surface area contributed by atoms with Gasteiger partial charge in [-0.15, -0.1) is 0 Å². The molecule has 2 unspecified atom stereocenters. The third-order valence-electron chi connectivity index (χ3n) is 2.31. The maximum Gasteiger partial charge on any atom is 0.143 e. The lowest BCUT2D eigenvalue weighted by Gasteiger charge is -2.36. The SMILES string of the molecule is C1=NNC2Nc3ccccc3NC2S1. The third-order valence-corrected chi connectivity index (χ3v) is 3.22. The van der Waals surface area contributed by atoms with Gasteiger partial charge in [-0.25, -0.2) is 0 Å². The molecular weight excluding hydrogens is 196 g/mol. The number of rotatable bonds is 0. The molecule has 2 atom stereocenters. The molecule has 0 amide bonds. The zero-order chi connectivity index (χ0) is 9.38. The number of benzene rings is 1. The van der Waals surface area contributed by atoms with Crippen LogP contribution in [-0.4, -0.2) is 17.1 Å². The van der Waals surface area contributed by atoms with Crippen molar-refractivity contribution in [3.63, 3.8) is 0 Å². The van der Waals surface area contributed by atoms with Crippen LogP contribution in [-0.2, 0) is 0 Å². The number of thioether (sulfide) groups is 1. The Labute approximate surface area is 86.2 Å². The van der Waals surface area contributed by atoms with E-state index in [0.717, 1.165) is 11.4 Å². The van der Waals surface area contributed by atoms with Crippen molar-refractivity contribution in [2.45, 2.75) is 11.5 Å². The lowest BCUT2D eigenvalue weighted by atomic mass is 10.2. The van der Waals surface area contributed by atoms with Gasteiger partial charge in [-0.3, -0.25) is 5.43 Å². The largest absolute Gasteiger partial charge is 0.368 e. The first kappa shape index (κ1) is 7.99. The average Bonchev–Trinajstić information content (AvgIpc) is 2.26. The fourth-order valence-corrected chi connectivity index (χ4v) is 2.37. The molecule has 2 aliphatic heterocycles. The molecule has 5 heteroatoms. The first-order valence-electron chi connectivity index (χ1n) is 4.48. The van der Waals surface area contributed by atoms with E-state index in [1.807, 2.05) is 17.7 Å². The third kappa shape index (κ3) is 1.21. The predicted molar refractivity (Wildman–Crippen MR) is 60.5 cm³/mol. The van der Waals surface area contributed by atoms with E-state index in [4.69, 9.17) is 0 Å². The fourth-order valence-electron chi connectivity index (χ4n) is 1.63. The Hall–Kier alpha value is -1.36. The molecule has 0 radical (unpaired) electrons. The summed E-state index contributed by atoms with van der Waals surface area (Å²) in [6.07, 6.45) is 0.167. The van der Waals surface area contributed by atoms with Gasteiger partial charge in [-0.2, -0.15) is 5.10 Å². The monoisotopic (exact) mass is 206 g/mol. The summed E-state index contributed by atoms with van der Waals surface area (Å²) in [5.74, 6) is 0. The molecule has 3 rings (SSSR count). The maximum absolute atomic E-state index is 4.02. The van der Waals surface area contributed by atoms with Crippen LogP contribution in [0.3, 0.4) is 0 Å². The van der Waals surface area contributed by atoms with Crippen LogP contribution >= 0.6 is 11.8 Å². The highest BCUT2D eigenvalue weighted by Crippen LogP contribution is 2.31. The van der Waals surface area contributed by atoms with Gasteiger partial charge in [0.25, 0.3) is 0 Å². The van der Waals surface area contributed by atoms with Crippen LogP contribution in [0.4, 0.5) is 11.4 Å². The molecule has 0 fully saturated rings. The predicted octanol–water partition coefficient (Wildman–Crippen LogP) is 1.46. The van der Waals surface area contributed by atoms with E-state index in [-0.39, 0.29) is 6.17 Å². The summed E-state index contributed by atoms with van der Waals surface area (Å²) in [5.41, 5.74) is 7.14. The van der Waals surface area contributed by atoms with E-state index in [9.17, 15) is 0 Å².